The van der Waals surface area contributed by atoms with Crippen LogP contribution in [0.2, 0.25) is 0 Å². The Bertz CT molecular complexity index is 1180. The molecule has 13 heteroatoms. The topological polar surface area (TPSA) is 181 Å². The van der Waals surface area contributed by atoms with E-state index in [0.29, 0.717) is 12.8 Å². The minimum Gasteiger partial charge on any atom is -0.363 e. The van der Waals surface area contributed by atoms with Gasteiger partial charge < -0.3 is 26.6 Å². The lowest BCUT2D eigenvalue weighted by Gasteiger charge is -2.36. The van der Waals surface area contributed by atoms with Gasteiger partial charge >= 0.3 is 6.03 Å². The lowest BCUT2D eigenvalue weighted by molar-refractivity contribution is -0.142. The molecule has 5 N–H and O–H groups in total. The van der Waals surface area contributed by atoms with Gasteiger partial charge in [-0.2, -0.15) is 0 Å². The van der Waals surface area contributed by atoms with Crippen molar-refractivity contribution in [1.82, 2.24) is 25.8 Å². The molecule has 0 spiro atoms. The van der Waals surface area contributed by atoms with E-state index in [4.69, 9.17) is 5.73 Å². The summed E-state index contributed by atoms with van der Waals surface area (Å²) in [6.45, 7) is 9.24. The van der Waals surface area contributed by atoms with Crippen LogP contribution in [0.15, 0.2) is 24.4 Å². The summed E-state index contributed by atoms with van der Waals surface area (Å²) in [6.07, 6.45) is 5.18. The van der Waals surface area contributed by atoms with Crippen LogP contribution in [-0.2, 0) is 19.2 Å². The molecule has 1 aliphatic heterocycles. The number of nitrogens with one attached hydrogen (secondary N) is 3. The van der Waals surface area contributed by atoms with Gasteiger partial charge in [-0.3, -0.25) is 29.0 Å². The van der Waals surface area contributed by atoms with E-state index in [1.807, 2.05) is 0 Å². The van der Waals surface area contributed by atoms with Crippen LogP contribution < -0.4 is 21.7 Å². The Morgan fingerprint density at radius 1 is 1.00 bits per heavy atom. The van der Waals surface area contributed by atoms with Crippen molar-refractivity contribution in [2.45, 2.75) is 95.5 Å². The molecular weight excluding hydrogens is 560 g/mol. The lowest BCUT2D eigenvalue weighted by Crippen LogP contribution is -2.61. The fraction of sp³-hybridized carbons (Fsp3) is 0.621. The van der Waals surface area contributed by atoms with Crippen molar-refractivity contribution in [3.05, 3.63) is 30.1 Å². The van der Waals surface area contributed by atoms with Crippen molar-refractivity contribution < 1.29 is 28.8 Å². The number of nitrogens with zero attached hydrogens (tertiary/aromatic N) is 2. The Labute approximate surface area is 250 Å². The number of pyridine rings is 1. The van der Waals surface area contributed by atoms with Gasteiger partial charge in [-0.05, 0) is 49.1 Å². The molecule has 2 fully saturated rings. The highest BCUT2D eigenvalue weighted by Crippen LogP contribution is 2.34. The van der Waals surface area contributed by atoms with Crippen LogP contribution in [0.5, 0.6) is 0 Å². The van der Waals surface area contributed by atoms with Gasteiger partial charge in [0, 0.05) is 18.0 Å². The molecule has 42 heavy (non-hydrogen) atoms. The van der Waals surface area contributed by atoms with Crippen LogP contribution in [0.3, 0.4) is 0 Å². The Kier molecular flexibility index (Phi) is 11.1. The van der Waals surface area contributed by atoms with Crippen molar-refractivity contribution in [2.75, 3.05) is 6.54 Å². The van der Waals surface area contributed by atoms with Crippen molar-refractivity contribution in [3.8, 4) is 0 Å². The quantitative estimate of drug-likeness (QED) is 0.159. The number of Topliss-reactive ketones (excluding diaryl/α,β-unsaturated/α-hetero) is 2. The first-order valence-corrected chi connectivity index (χ1v) is 15.3. The molecule has 0 aromatic carbocycles. The van der Waals surface area contributed by atoms with E-state index in [1.165, 1.54) is 22.9 Å². The van der Waals surface area contributed by atoms with Crippen molar-refractivity contribution in [2.24, 2.45) is 17.1 Å². The molecule has 2 heterocycles. The number of carbonyl (C=O) groups excluding carboxylic acids is 6. The summed E-state index contributed by atoms with van der Waals surface area (Å²) < 4.78 is 0. The molecular formula is C29H42N6O6S. The van der Waals surface area contributed by atoms with E-state index in [1.54, 1.807) is 52.8 Å². The number of ketones is 2. The molecule has 1 aliphatic carbocycles. The average Bonchev–Trinajstić information content (AvgIpc) is 3.40. The van der Waals surface area contributed by atoms with E-state index in [9.17, 15) is 28.8 Å². The smallest absolute Gasteiger partial charge is 0.316 e. The zero-order valence-corrected chi connectivity index (χ0v) is 25.7. The Morgan fingerprint density at radius 3 is 2.21 bits per heavy atom. The summed E-state index contributed by atoms with van der Waals surface area (Å²) in [5.74, 6) is -3.63. The van der Waals surface area contributed by atoms with Gasteiger partial charge in [-0.15, -0.1) is 11.8 Å². The van der Waals surface area contributed by atoms with E-state index in [0.717, 1.165) is 19.3 Å². The number of aromatic nitrogens is 1. The molecule has 1 aromatic heterocycles. The normalized spacial score (nSPS) is 19.3. The number of amides is 5. The third-order valence-electron chi connectivity index (χ3n) is 7.52. The third-order valence-corrected chi connectivity index (χ3v) is 8.98. The molecule has 1 aromatic rings. The van der Waals surface area contributed by atoms with E-state index >= 15 is 0 Å². The highest BCUT2D eigenvalue weighted by molar-refractivity contribution is 8.01. The lowest BCUT2D eigenvalue weighted by atomic mass is 9.85. The second-order valence-corrected chi connectivity index (χ2v) is 13.6. The van der Waals surface area contributed by atoms with Crippen LogP contribution in [0.1, 0.15) is 77.2 Å². The van der Waals surface area contributed by atoms with Gasteiger partial charge in [0.05, 0.1) is 6.04 Å². The average molecular weight is 603 g/mol. The number of nitrogens with two attached hydrogens (primary N) is 1. The molecule has 5 amide bonds. The molecule has 0 bridgehead atoms. The minimum atomic E-state index is -1.13. The first kappa shape index (κ1) is 33.0. The Balaban J connectivity index is 1.73. The molecule has 12 nitrogen and oxygen atoms in total. The van der Waals surface area contributed by atoms with Gasteiger partial charge in [0.1, 0.15) is 23.2 Å². The predicted octanol–water partition coefficient (Wildman–Crippen LogP) is 1.78. The minimum absolute atomic E-state index is 0.145. The number of urea groups is 1. The summed E-state index contributed by atoms with van der Waals surface area (Å²) in [7, 11) is 0. The number of likely N-dealkylation sites (tertiary alicyclic amines) is 1. The molecule has 4 unspecified atom stereocenters. The van der Waals surface area contributed by atoms with E-state index in [-0.39, 0.29) is 29.2 Å². The van der Waals surface area contributed by atoms with Gasteiger partial charge in [-0.25, -0.2) is 4.79 Å². The number of thioether (sulfide) groups is 1. The number of hydrogen-bond acceptors (Lipinski definition) is 8. The summed E-state index contributed by atoms with van der Waals surface area (Å²) in [5.41, 5.74) is 4.70. The van der Waals surface area contributed by atoms with Crippen molar-refractivity contribution >= 4 is 47.1 Å². The van der Waals surface area contributed by atoms with Gasteiger partial charge in [0.15, 0.2) is 0 Å². The standard InChI is InChI=1S/C29H42N6O6S/c1-16(2)20(21(36)18-12-6-7-14-31-18)32-28(41)33-23(29(3,4)5)27(40)35-15-9-13-19(35)25(39)34-26(22(37)24(30)38)42-17-10-8-11-17/h6-7,12,14,16-17,19-20,23,26H,8-11,13,15H2,1-5H3,(H2,30,38)(H,34,39)(H2,32,33,41). The molecule has 3 rings (SSSR count). The van der Waals surface area contributed by atoms with E-state index < -0.39 is 58.5 Å². The highest BCUT2D eigenvalue weighted by atomic mass is 32.2. The molecule has 1 saturated heterocycles. The maximum atomic E-state index is 13.9. The monoisotopic (exact) mass is 602 g/mol. The van der Waals surface area contributed by atoms with Crippen LogP contribution in [-0.4, -0.2) is 80.5 Å². The SMILES string of the molecule is CC(C)C(NC(=O)NC(C(=O)N1CCCC1C(=O)NC(SC1CCC1)C(=O)C(N)=O)C(C)(C)C)C(=O)c1ccccn1. The molecule has 2 aliphatic rings. The first-order valence-electron chi connectivity index (χ1n) is 14.3. The van der Waals surface area contributed by atoms with Gasteiger partial charge in [-0.1, -0.05) is 47.1 Å². The largest absolute Gasteiger partial charge is 0.363 e. The zero-order chi connectivity index (χ0) is 31.2. The Morgan fingerprint density at radius 2 is 1.69 bits per heavy atom. The molecule has 230 valence electrons. The number of primary amides is 1. The van der Waals surface area contributed by atoms with E-state index in [2.05, 4.69) is 20.9 Å². The second kappa shape index (κ2) is 14.1. The fourth-order valence-corrected chi connectivity index (χ4v) is 6.26. The molecule has 0 radical (unpaired) electrons. The third kappa shape index (κ3) is 8.30. The summed E-state index contributed by atoms with van der Waals surface area (Å²) in [6, 6.07) is 1.46. The molecule has 1 saturated carbocycles. The van der Waals surface area contributed by atoms with Crippen molar-refractivity contribution in [1.29, 1.82) is 0 Å². The predicted molar refractivity (Wildman–Crippen MR) is 158 cm³/mol. The van der Waals surface area contributed by atoms with Crippen molar-refractivity contribution in [3.63, 3.8) is 0 Å². The summed E-state index contributed by atoms with van der Waals surface area (Å²) in [4.78, 5) is 83.0. The summed E-state index contributed by atoms with van der Waals surface area (Å²) in [5, 5.41) is 7.11. The Hall–Kier alpha value is -3.48. The van der Waals surface area contributed by atoms with Crippen LogP contribution >= 0.6 is 11.8 Å². The number of carbonyl (C=O) groups is 6. The zero-order valence-electron chi connectivity index (χ0n) is 24.8. The maximum Gasteiger partial charge on any atom is 0.316 e. The molecule has 4 atom stereocenters. The van der Waals surface area contributed by atoms with Crippen LogP contribution in [0.25, 0.3) is 0 Å². The van der Waals surface area contributed by atoms with Gasteiger partial charge in [0.25, 0.3) is 11.7 Å². The second-order valence-electron chi connectivity index (χ2n) is 12.2. The first-order chi connectivity index (χ1) is 19.7. The number of rotatable bonds is 12. The fourth-order valence-electron chi connectivity index (χ4n) is 4.85. The van der Waals surface area contributed by atoms with Crippen LogP contribution in [0, 0.1) is 11.3 Å². The highest BCUT2D eigenvalue weighted by Gasteiger charge is 2.43. The van der Waals surface area contributed by atoms with Gasteiger partial charge in [0.2, 0.25) is 17.6 Å². The number of hydrogen-bond donors (Lipinski definition) is 4. The maximum absolute atomic E-state index is 13.9. The summed E-state index contributed by atoms with van der Waals surface area (Å²) >= 11 is 1.21. The van der Waals surface area contributed by atoms with Crippen LogP contribution in [0.4, 0.5) is 4.79 Å².